The molecule has 0 fully saturated rings. The number of nitrogens with two attached hydrogens (primary N) is 1. The van der Waals surface area contributed by atoms with Crippen molar-refractivity contribution in [2.24, 2.45) is 5.73 Å². The molecule has 0 spiro atoms. The zero-order chi connectivity index (χ0) is 11.3. The number of aromatic nitrogens is 1. The number of aliphatic hydroxyl groups is 1. The summed E-state index contributed by atoms with van der Waals surface area (Å²) >= 11 is 1.52. The Hall–Kier alpha value is -1.07. The Balaban J connectivity index is 2.82. The van der Waals surface area contributed by atoms with Crippen LogP contribution < -0.4 is 5.73 Å². The van der Waals surface area contributed by atoms with Crippen LogP contribution >= 0.6 is 11.8 Å². The molecule has 4 N–H and O–H groups in total. The number of rotatable bonds is 5. The molecular formula is C10H15N3OS. The van der Waals surface area contributed by atoms with E-state index in [1.165, 1.54) is 11.8 Å². The Morgan fingerprint density at radius 1 is 1.60 bits per heavy atom. The normalized spacial score (nSPS) is 10.3. The third-order valence-corrected chi connectivity index (χ3v) is 2.91. The average molecular weight is 225 g/mol. The maximum absolute atomic E-state index is 8.68. The fourth-order valence-corrected chi connectivity index (χ4v) is 2.09. The van der Waals surface area contributed by atoms with Crippen molar-refractivity contribution in [1.29, 1.82) is 5.41 Å². The second kappa shape index (κ2) is 5.72. The van der Waals surface area contributed by atoms with E-state index in [1.807, 2.05) is 19.1 Å². The van der Waals surface area contributed by atoms with Crippen molar-refractivity contribution in [2.45, 2.75) is 18.4 Å². The molecule has 5 heteroatoms. The summed E-state index contributed by atoms with van der Waals surface area (Å²) in [5, 5.41) is 16.9. The van der Waals surface area contributed by atoms with Crippen molar-refractivity contribution in [1.82, 2.24) is 4.98 Å². The van der Waals surface area contributed by atoms with Crippen LogP contribution in [0.3, 0.4) is 0 Å². The van der Waals surface area contributed by atoms with E-state index in [4.69, 9.17) is 16.2 Å². The van der Waals surface area contributed by atoms with Gasteiger partial charge in [0.2, 0.25) is 0 Å². The van der Waals surface area contributed by atoms with Gasteiger partial charge in [-0.25, -0.2) is 4.98 Å². The molecule has 1 rings (SSSR count). The number of aliphatic hydroxyl groups excluding tert-OH is 1. The Bertz CT molecular complexity index is 355. The van der Waals surface area contributed by atoms with Crippen LogP contribution in [0.2, 0.25) is 0 Å². The van der Waals surface area contributed by atoms with E-state index in [2.05, 4.69) is 4.98 Å². The van der Waals surface area contributed by atoms with E-state index in [9.17, 15) is 0 Å². The number of pyridine rings is 1. The molecule has 0 aromatic carbocycles. The summed E-state index contributed by atoms with van der Waals surface area (Å²) in [4.78, 5) is 4.33. The molecule has 0 saturated heterocycles. The van der Waals surface area contributed by atoms with Crippen molar-refractivity contribution < 1.29 is 5.11 Å². The number of hydrogen-bond acceptors (Lipinski definition) is 4. The van der Waals surface area contributed by atoms with E-state index in [-0.39, 0.29) is 12.4 Å². The minimum Gasteiger partial charge on any atom is -0.396 e. The highest BCUT2D eigenvalue weighted by atomic mass is 32.2. The predicted molar refractivity (Wildman–Crippen MR) is 62.4 cm³/mol. The van der Waals surface area contributed by atoms with Crippen molar-refractivity contribution in [3.8, 4) is 0 Å². The summed E-state index contributed by atoms with van der Waals surface area (Å²) in [6.07, 6.45) is 0.720. The Morgan fingerprint density at radius 3 is 2.93 bits per heavy atom. The molecular weight excluding hydrogens is 210 g/mol. The summed E-state index contributed by atoms with van der Waals surface area (Å²) in [6.45, 7) is 2.08. The SMILES string of the molecule is Cc1ccc(C(=N)N)c(SCCCO)n1. The lowest BCUT2D eigenvalue weighted by atomic mass is 10.2. The molecule has 0 atom stereocenters. The summed E-state index contributed by atoms with van der Waals surface area (Å²) < 4.78 is 0. The summed E-state index contributed by atoms with van der Waals surface area (Å²) in [6, 6.07) is 3.65. The molecule has 15 heavy (non-hydrogen) atoms. The fourth-order valence-electron chi connectivity index (χ4n) is 1.08. The molecule has 0 saturated carbocycles. The fraction of sp³-hybridized carbons (Fsp3) is 0.400. The van der Waals surface area contributed by atoms with E-state index in [0.29, 0.717) is 5.56 Å². The summed E-state index contributed by atoms with van der Waals surface area (Å²) in [7, 11) is 0. The van der Waals surface area contributed by atoms with Crippen LogP contribution in [0.4, 0.5) is 0 Å². The van der Waals surface area contributed by atoms with Crippen LogP contribution in [0, 0.1) is 12.3 Å². The van der Waals surface area contributed by atoms with Gasteiger partial charge in [0, 0.05) is 23.6 Å². The van der Waals surface area contributed by atoms with Crippen LogP contribution in [0.25, 0.3) is 0 Å². The quantitative estimate of drug-likeness (QED) is 0.304. The van der Waals surface area contributed by atoms with Gasteiger partial charge in [-0.05, 0) is 25.5 Å². The molecule has 1 heterocycles. The van der Waals surface area contributed by atoms with Gasteiger partial charge in [0.05, 0.1) is 0 Å². The van der Waals surface area contributed by atoms with Gasteiger partial charge in [-0.1, -0.05) is 0 Å². The number of hydrogen-bond donors (Lipinski definition) is 3. The number of nitrogen functional groups attached to an aromatic ring is 1. The van der Waals surface area contributed by atoms with Gasteiger partial charge < -0.3 is 10.8 Å². The van der Waals surface area contributed by atoms with Gasteiger partial charge in [-0.3, -0.25) is 5.41 Å². The topological polar surface area (TPSA) is 83.0 Å². The third-order valence-electron chi connectivity index (χ3n) is 1.83. The highest BCUT2D eigenvalue weighted by Crippen LogP contribution is 2.21. The molecule has 0 aliphatic heterocycles. The van der Waals surface area contributed by atoms with Crippen LogP contribution in [-0.2, 0) is 0 Å². The molecule has 0 radical (unpaired) electrons. The van der Waals surface area contributed by atoms with E-state index < -0.39 is 0 Å². The van der Waals surface area contributed by atoms with Crippen molar-refractivity contribution in [2.75, 3.05) is 12.4 Å². The number of amidine groups is 1. The maximum Gasteiger partial charge on any atom is 0.125 e. The predicted octanol–water partition coefficient (Wildman–Crippen LogP) is 1.15. The standard InChI is InChI=1S/C10H15N3OS/c1-7-3-4-8(9(11)12)10(13-7)15-6-2-5-14/h3-4,14H,2,5-6H2,1H3,(H3,11,12). The molecule has 82 valence electrons. The van der Waals surface area contributed by atoms with Gasteiger partial charge in [-0.15, -0.1) is 11.8 Å². The summed E-state index contributed by atoms with van der Waals surface area (Å²) in [5.74, 6) is 0.821. The average Bonchev–Trinajstić information content (AvgIpc) is 2.18. The molecule has 0 aliphatic rings. The van der Waals surface area contributed by atoms with Gasteiger partial charge in [0.25, 0.3) is 0 Å². The lowest BCUT2D eigenvalue weighted by molar-refractivity contribution is 0.296. The van der Waals surface area contributed by atoms with Gasteiger partial charge in [-0.2, -0.15) is 0 Å². The zero-order valence-electron chi connectivity index (χ0n) is 8.66. The van der Waals surface area contributed by atoms with Crippen molar-refractivity contribution in [3.05, 3.63) is 23.4 Å². The molecule has 4 nitrogen and oxygen atoms in total. The zero-order valence-corrected chi connectivity index (χ0v) is 9.47. The van der Waals surface area contributed by atoms with Crippen LogP contribution in [0.5, 0.6) is 0 Å². The monoisotopic (exact) mass is 225 g/mol. The van der Waals surface area contributed by atoms with Crippen molar-refractivity contribution >= 4 is 17.6 Å². The molecule has 0 unspecified atom stereocenters. The number of thioether (sulfide) groups is 1. The first-order valence-corrected chi connectivity index (χ1v) is 5.69. The first kappa shape index (κ1) is 12.0. The number of aryl methyl sites for hydroxylation is 1. The highest BCUT2D eigenvalue weighted by molar-refractivity contribution is 7.99. The Morgan fingerprint density at radius 2 is 2.33 bits per heavy atom. The van der Waals surface area contributed by atoms with E-state index >= 15 is 0 Å². The molecule has 0 amide bonds. The second-order valence-electron chi connectivity index (χ2n) is 3.14. The first-order chi connectivity index (χ1) is 7.15. The summed E-state index contributed by atoms with van der Waals surface area (Å²) in [5.41, 5.74) is 7.03. The Labute approximate surface area is 93.4 Å². The highest BCUT2D eigenvalue weighted by Gasteiger charge is 2.07. The molecule has 0 bridgehead atoms. The van der Waals surface area contributed by atoms with Crippen molar-refractivity contribution in [3.63, 3.8) is 0 Å². The largest absolute Gasteiger partial charge is 0.396 e. The number of nitrogens with one attached hydrogen (secondary N) is 1. The van der Waals surface area contributed by atoms with Gasteiger partial charge in [0.15, 0.2) is 0 Å². The van der Waals surface area contributed by atoms with Crippen LogP contribution in [0.15, 0.2) is 17.2 Å². The van der Waals surface area contributed by atoms with E-state index in [0.717, 1.165) is 22.9 Å². The smallest absolute Gasteiger partial charge is 0.125 e. The first-order valence-electron chi connectivity index (χ1n) is 4.71. The lowest BCUT2D eigenvalue weighted by Gasteiger charge is -2.07. The van der Waals surface area contributed by atoms with Gasteiger partial charge in [0.1, 0.15) is 10.9 Å². The molecule has 1 aromatic heterocycles. The van der Waals surface area contributed by atoms with Crippen LogP contribution in [0.1, 0.15) is 17.7 Å². The van der Waals surface area contributed by atoms with Gasteiger partial charge >= 0.3 is 0 Å². The maximum atomic E-state index is 8.68. The second-order valence-corrected chi connectivity index (χ2v) is 4.23. The minimum atomic E-state index is 0.0361. The molecule has 0 aliphatic carbocycles. The Kier molecular flexibility index (Phi) is 4.58. The third kappa shape index (κ3) is 3.53. The number of nitrogens with zero attached hydrogens (tertiary/aromatic N) is 1. The van der Waals surface area contributed by atoms with E-state index in [1.54, 1.807) is 0 Å². The molecule has 1 aromatic rings. The minimum absolute atomic E-state index is 0.0361. The van der Waals surface area contributed by atoms with Crippen LogP contribution in [-0.4, -0.2) is 28.3 Å². The lowest BCUT2D eigenvalue weighted by Crippen LogP contribution is -2.13.